The molecule has 25 heavy (non-hydrogen) atoms. The van der Waals surface area contributed by atoms with E-state index < -0.39 is 36.2 Å². The Bertz CT molecular complexity index is 673. The molecule has 0 radical (unpaired) electrons. The average molecular weight is 348 g/mol. The number of esters is 1. The number of hydrogen-bond acceptors (Lipinski definition) is 6. The highest BCUT2D eigenvalue weighted by Gasteiger charge is 2.41. The highest BCUT2D eigenvalue weighted by Crippen LogP contribution is 2.22. The maximum Gasteiger partial charge on any atom is 0.408 e. The van der Waals surface area contributed by atoms with Crippen molar-refractivity contribution in [2.45, 2.75) is 31.7 Å². The lowest BCUT2D eigenvalue weighted by atomic mass is 10.1. The number of aliphatic hydroxyl groups is 1. The van der Waals surface area contributed by atoms with Crippen LogP contribution in [0.15, 0.2) is 42.0 Å². The quantitative estimate of drug-likeness (QED) is 0.658. The number of methoxy groups -OCH3 is 1. The number of hydrogen-bond donors (Lipinski definition) is 3. The number of amides is 2. The fourth-order valence-electron chi connectivity index (χ4n) is 2.53. The Hall–Kier alpha value is -2.87. The zero-order chi connectivity index (χ0) is 18.4. The minimum absolute atomic E-state index is 0.0328. The van der Waals surface area contributed by atoms with Gasteiger partial charge in [0.15, 0.2) is 0 Å². The van der Waals surface area contributed by atoms with Crippen molar-refractivity contribution < 1.29 is 29.0 Å². The van der Waals surface area contributed by atoms with Crippen LogP contribution in [0.25, 0.3) is 0 Å². The molecule has 2 amide bonds. The van der Waals surface area contributed by atoms with Gasteiger partial charge in [0.25, 0.3) is 0 Å². The Morgan fingerprint density at radius 1 is 1.16 bits per heavy atom. The third-order valence-electron chi connectivity index (χ3n) is 3.69. The van der Waals surface area contributed by atoms with Crippen molar-refractivity contribution >= 4 is 18.0 Å². The highest BCUT2D eigenvalue weighted by molar-refractivity contribution is 5.91. The Labute approximate surface area is 144 Å². The Morgan fingerprint density at radius 2 is 1.84 bits per heavy atom. The van der Waals surface area contributed by atoms with Gasteiger partial charge in [0, 0.05) is 6.92 Å². The molecule has 1 aromatic carbocycles. The van der Waals surface area contributed by atoms with E-state index in [4.69, 9.17) is 4.74 Å². The zero-order valence-corrected chi connectivity index (χ0v) is 13.9. The first-order valence-electron chi connectivity index (χ1n) is 7.64. The average Bonchev–Trinajstić information content (AvgIpc) is 2.89. The molecule has 1 aliphatic carbocycles. The third kappa shape index (κ3) is 4.80. The van der Waals surface area contributed by atoms with Crippen molar-refractivity contribution in [3.63, 3.8) is 0 Å². The smallest absolute Gasteiger partial charge is 0.408 e. The zero-order valence-electron chi connectivity index (χ0n) is 13.9. The van der Waals surface area contributed by atoms with E-state index in [0.717, 1.165) is 5.56 Å². The van der Waals surface area contributed by atoms with E-state index in [2.05, 4.69) is 15.4 Å². The first-order chi connectivity index (χ1) is 11.9. The summed E-state index contributed by atoms with van der Waals surface area (Å²) in [6.07, 6.45) is -0.685. The predicted molar refractivity (Wildman–Crippen MR) is 87.3 cm³/mol. The van der Waals surface area contributed by atoms with Crippen molar-refractivity contribution in [1.29, 1.82) is 0 Å². The fourth-order valence-corrected chi connectivity index (χ4v) is 2.53. The van der Waals surface area contributed by atoms with E-state index >= 15 is 0 Å². The molecule has 0 spiro atoms. The molecule has 1 aliphatic rings. The topological polar surface area (TPSA) is 114 Å². The first-order valence-corrected chi connectivity index (χ1v) is 7.64. The van der Waals surface area contributed by atoms with Gasteiger partial charge in [0.1, 0.15) is 12.7 Å². The summed E-state index contributed by atoms with van der Waals surface area (Å²) in [5.74, 6) is -1.14. The molecular weight excluding hydrogens is 328 g/mol. The molecule has 0 saturated carbocycles. The van der Waals surface area contributed by atoms with Crippen LogP contribution in [0, 0.1) is 0 Å². The molecule has 0 bridgehead atoms. The van der Waals surface area contributed by atoms with E-state index in [1.54, 1.807) is 0 Å². The molecule has 8 nitrogen and oxygen atoms in total. The van der Waals surface area contributed by atoms with Crippen LogP contribution in [-0.2, 0) is 25.7 Å². The number of ether oxygens (including phenoxy) is 2. The molecule has 0 aliphatic heterocycles. The van der Waals surface area contributed by atoms with Crippen molar-refractivity contribution in [1.82, 2.24) is 10.6 Å². The minimum Gasteiger partial charge on any atom is -0.466 e. The summed E-state index contributed by atoms with van der Waals surface area (Å²) in [4.78, 5) is 35.0. The van der Waals surface area contributed by atoms with Gasteiger partial charge in [-0.3, -0.25) is 4.79 Å². The van der Waals surface area contributed by atoms with Crippen molar-refractivity contribution in [2.24, 2.45) is 0 Å². The summed E-state index contributed by atoms with van der Waals surface area (Å²) in [6, 6.07) is 7.40. The number of benzene rings is 1. The van der Waals surface area contributed by atoms with Crippen molar-refractivity contribution in [3.8, 4) is 0 Å². The lowest BCUT2D eigenvalue weighted by Crippen LogP contribution is -2.53. The standard InChI is InChI=1S/C17H20N2O6/c1-10(20)18-14-13(8-12(15(14)21)16(22)24-2)19-17(23)25-9-11-6-4-3-5-7-11/h3-8,13-15,21H,9H2,1-2H3,(H,18,20)(H,19,23)/t13-,14-,15-/m1/s1. The number of carbonyl (C=O) groups excluding carboxylic acids is 3. The summed E-state index contributed by atoms with van der Waals surface area (Å²) in [6.45, 7) is 1.34. The Balaban J connectivity index is 2.02. The SMILES string of the molecule is COC(=O)C1=C[C@@H](NC(=O)OCc2ccccc2)[C@@H](NC(C)=O)[C@@H]1O. The normalized spacial score (nSPS) is 21.9. The Morgan fingerprint density at radius 3 is 2.44 bits per heavy atom. The largest absolute Gasteiger partial charge is 0.466 e. The molecule has 134 valence electrons. The first kappa shape index (κ1) is 18.5. The van der Waals surface area contributed by atoms with Crippen LogP contribution in [-0.4, -0.2) is 48.4 Å². The minimum atomic E-state index is -1.30. The van der Waals surface area contributed by atoms with Gasteiger partial charge in [-0.05, 0) is 11.6 Å². The van der Waals surface area contributed by atoms with Gasteiger partial charge >= 0.3 is 12.1 Å². The van der Waals surface area contributed by atoms with Crippen LogP contribution < -0.4 is 10.6 Å². The van der Waals surface area contributed by atoms with E-state index in [1.807, 2.05) is 30.3 Å². The number of alkyl carbamates (subject to hydrolysis) is 1. The maximum atomic E-state index is 12.0. The van der Waals surface area contributed by atoms with Gasteiger partial charge in [-0.15, -0.1) is 0 Å². The van der Waals surface area contributed by atoms with Gasteiger partial charge < -0.3 is 25.2 Å². The number of rotatable bonds is 5. The lowest BCUT2D eigenvalue weighted by molar-refractivity contribution is -0.137. The molecule has 0 fully saturated rings. The van der Waals surface area contributed by atoms with Crippen LogP contribution in [0.2, 0.25) is 0 Å². The van der Waals surface area contributed by atoms with E-state index in [-0.39, 0.29) is 12.2 Å². The van der Waals surface area contributed by atoms with Crippen LogP contribution >= 0.6 is 0 Å². The summed E-state index contributed by atoms with van der Waals surface area (Å²) < 4.78 is 9.70. The molecule has 0 aromatic heterocycles. The Kier molecular flexibility index (Phi) is 6.13. The highest BCUT2D eigenvalue weighted by atomic mass is 16.5. The lowest BCUT2D eigenvalue weighted by Gasteiger charge is -2.24. The monoisotopic (exact) mass is 348 g/mol. The number of aliphatic hydroxyl groups excluding tert-OH is 1. The molecule has 3 N–H and O–H groups in total. The molecule has 2 rings (SSSR count). The van der Waals surface area contributed by atoms with E-state index in [1.165, 1.54) is 20.1 Å². The fraction of sp³-hybridized carbons (Fsp3) is 0.353. The number of nitrogens with one attached hydrogen (secondary N) is 2. The van der Waals surface area contributed by atoms with Gasteiger partial charge in [-0.25, -0.2) is 9.59 Å². The van der Waals surface area contributed by atoms with Crippen LogP contribution in [0.3, 0.4) is 0 Å². The number of carbonyl (C=O) groups is 3. The van der Waals surface area contributed by atoms with E-state index in [9.17, 15) is 19.5 Å². The molecule has 0 unspecified atom stereocenters. The summed E-state index contributed by atoms with van der Waals surface area (Å²) in [5.41, 5.74) is 0.780. The third-order valence-corrected chi connectivity index (χ3v) is 3.69. The predicted octanol–water partition coefficient (Wildman–Crippen LogP) is 0.260. The van der Waals surface area contributed by atoms with Gasteiger partial charge in [-0.2, -0.15) is 0 Å². The van der Waals surface area contributed by atoms with Crippen molar-refractivity contribution in [3.05, 3.63) is 47.5 Å². The second-order valence-corrected chi connectivity index (χ2v) is 5.52. The van der Waals surface area contributed by atoms with Gasteiger partial charge in [-0.1, -0.05) is 30.3 Å². The molecule has 0 saturated heterocycles. The molecule has 0 heterocycles. The summed E-state index contributed by atoms with van der Waals surface area (Å²) in [5, 5.41) is 15.2. The van der Waals surface area contributed by atoms with Crippen LogP contribution in [0.4, 0.5) is 4.79 Å². The second-order valence-electron chi connectivity index (χ2n) is 5.52. The second kappa shape index (κ2) is 8.29. The molecule has 1 aromatic rings. The molecule has 3 atom stereocenters. The van der Waals surface area contributed by atoms with Crippen LogP contribution in [0.1, 0.15) is 12.5 Å². The van der Waals surface area contributed by atoms with E-state index in [0.29, 0.717) is 0 Å². The summed E-state index contributed by atoms with van der Waals surface area (Å²) >= 11 is 0. The summed E-state index contributed by atoms with van der Waals surface area (Å²) in [7, 11) is 1.18. The van der Waals surface area contributed by atoms with Gasteiger partial charge in [0.05, 0.1) is 24.8 Å². The maximum absolute atomic E-state index is 12.0. The van der Waals surface area contributed by atoms with Crippen molar-refractivity contribution in [2.75, 3.05) is 7.11 Å². The molecular formula is C17H20N2O6. The van der Waals surface area contributed by atoms with Gasteiger partial charge in [0.2, 0.25) is 5.91 Å². The molecule has 8 heteroatoms. The van der Waals surface area contributed by atoms with Crippen LogP contribution in [0.5, 0.6) is 0 Å².